The molecule has 60 valence electrons. The molecule has 4 heteroatoms. The molecule has 3 N–H and O–H groups in total. The van der Waals surface area contributed by atoms with Gasteiger partial charge < -0.3 is 15.3 Å². The molecule has 0 saturated carbocycles. The summed E-state index contributed by atoms with van der Waals surface area (Å²) in [7, 11) is 0. The average molecular weight is 155 g/mol. The molecule has 0 atom stereocenters. The Morgan fingerprint density at radius 2 is 2.09 bits per heavy atom. The average Bonchev–Trinajstić information content (AvgIpc) is 1.99. The number of nitrogens with zero attached hydrogens (tertiary/aromatic N) is 1. The fraction of sp³-hybridized carbons (Fsp3) is 0.286. The third kappa shape index (κ3) is 1.25. The summed E-state index contributed by atoms with van der Waals surface area (Å²) < 4.78 is 0. The Labute approximate surface area is 63.8 Å². The van der Waals surface area contributed by atoms with Crippen LogP contribution < -0.4 is 0 Å². The molecule has 0 saturated heterocycles. The van der Waals surface area contributed by atoms with E-state index in [1.54, 1.807) is 6.92 Å². The van der Waals surface area contributed by atoms with Gasteiger partial charge in [-0.1, -0.05) is 0 Å². The molecule has 1 aromatic rings. The fourth-order valence-electron chi connectivity index (χ4n) is 0.793. The zero-order valence-electron chi connectivity index (χ0n) is 6.07. The lowest BCUT2D eigenvalue weighted by molar-refractivity contribution is 0.267. The highest BCUT2D eigenvalue weighted by Crippen LogP contribution is 2.27. The molecule has 0 bridgehead atoms. The lowest BCUT2D eigenvalue weighted by Gasteiger charge is -2.04. The van der Waals surface area contributed by atoms with Gasteiger partial charge in [-0.05, 0) is 6.92 Å². The lowest BCUT2D eigenvalue weighted by atomic mass is 10.2. The van der Waals surface area contributed by atoms with Crippen molar-refractivity contribution in [3.05, 3.63) is 17.5 Å². The molecular weight excluding hydrogens is 146 g/mol. The van der Waals surface area contributed by atoms with Gasteiger partial charge in [0, 0.05) is 0 Å². The quantitative estimate of drug-likeness (QED) is 0.545. The molecule has 0 aliphatic heterocycles. The number of hydrogen-bond donors (Lipinski definition) is 3. The molecule has 1 rings (SSSR count). The number of hydrogen-bond acceptors (Lipinski definition) is 4. The van der Waals surface area contributed by atoms with Gasteiger partial charge >= 0.3 is 0 Å². The van der Waals surface area contributed by atoms with Gasteiger partial charge in [-0.15, -0.1) is 0 Å². The minimum absolute atomic E-state index is 0.123. The molecule has 0 aliphatic rings. The summed E-state index contributed by atoms with van der Waals surface area (Å²) in [6.07, 6.45) is 1.20. The summed E-state index contributed by atoms with van der Waals surface area (Å²) in [6.45, 7) is 1.20. The third-order valence-electron chi connectivity index (χ3n) is 1.48. The minimum atomic E-state index is -0.388. The first-order valence-corrected chi connectivity index (χ1v) is 3.14. The van der Waals surface area contributed by atoms with Crippen LogP contribution in [0.25, 0.3) is 0 Å². The van der Waals surface area contributed by atoms with Crippen molar-refractivity contribution in [2.45, 2.75) is 13.5 Å². The van der Waals surface area contributed by atoms with E-state index in [9.17, 15) is 5.11 Å². The molecule has 11 heavy (non-hydrogen) atoms. The van der Waals surface area contributed by atoms with Gasteiger partial charge in [0.25, 0.3) is 0 Å². The summed E-state index contributed by atoms with van der Waals surface area (Å²) in [4.78, 5) is 3.68. The smallest absolute Gasteiger partial charge is 0.146 e. The van der Waals surface area contributed by atoms with Gasteiger partial charge in [0.2, 0.25) is 0 Å². The van der Waals surface area contributed by atoms with Crippen molar-refractivity contribution in [3.63, 3.8) is 0 Å². The van der Waals surface area contributed by atoms with Crippen LogP contribution in [0.3, 0.4) is 0 Å². The highest BCUT2D eigenvalue weighted by molar-refractivity contribution is 5.43. The van der Waals surface area contributed by atoms with Gasteiger partial charge in [-0.3, -0.25) is 4.98 Å². The Kier molecular flexibility index (Phi) is 1.96. The van der Waals surface area contributed by atoms with Crippen LogP contribution in [0.15, 0.2) is 6.20 Å². The molecule has 4 nitrogen and oxygen atoms in total. The standard InChI is InChI=1S/C7H9NO3/c1-4-7(11)5(3-9)6(10)2-8-4/h2,9-11H,3H2,1H3. The minimum Gasteiger partial charge on any atom is -0.506 e. The molecule has 0 unspecified atom stereocenters. The topological polar surface area (TPSA) is 73.6 Å². The Hall–Kier alpha value is -1.29. The van der Waals surface area contributed by atoms with Gasteiger partial charge in [-0.2, -0.15) is 0 Å². The lowest BCUT2D eigenvalue weighted by Crippen LogP contribution is -1.90. The molecular formula is C7H9NO3. The molecule has 0 aliphatic carbocycles. The SMILES string of the molecule is Cc1ncc(O)c(CO)c1O. The van der Waals surface area contributed by atoms with E-state index >= 15 is 0 Å². The monoisotopic (exact) mass is 155 g/mol. The molecule has 0 fully saturated rings. The first-order valence-electron chi connectivity index (χ1n) is 3.14. The first-order chi connectivity index (χ1) is 5.16. The molecule has 1 heterocycles. The number of aliphatic hydroxyl groups excluding tert-OH is 1. The van der Waals surface area contributed by atoms with Crippen molar-refractivity contribution in [1.29, 1.82) is 0 Å². The Morgan fingerprint density at radius 1 is 1.45 bits per heavy atom. The van der Waals surface area contributed by atoms with E-state index in [0.29, 0.717) is 5.69 Å². The van der Waals surface area contributed by atoms with Gasteiger partial charge in [0.1, 0.15) is 11.5 Å². The Bertz CT molecular complexity index is 273. The first kappa shape index (κ1) is 7.81. The number of aliphatic hydroxyl groups is 1. The van der Waals surface area contributed by atoms with Crippen molar-refractivity contribution in [2.24, 2.45) is 0 Å². The van der Waals surface area contributed by atoms with Gasteiger partial charge in [-0.25, -0.2) is 0 Å². The molecule has 1 aromatic heterocycles. The van der Waals surface area contributed by atoms with Crippen molar-refractivity contribution in [1.82, 2.24) is 4.98 Å². The van der Waals surface area contributed by atoms with E-state index in [4.69, 9.17) is 10.2 Å². The van der Waals surface area contributed by atoms with Crippen LogP contribution in [0.5, 0.6) is 11.5 Å². The maximum absolute atomic E-state index is 9.20. The van der Waals surface area contributed by atoms with Crippen molar-refractivity contribution in [3.8, 4) is 11.5 Å². The number of aryl methyl sites for hydroxylation is 1. The predicted molar refractivity (Wildman–Crippen MR) is 38.2 cm³/mol. The molecule has 0 radical (unpaired) electrons. The van der Waals surface area contributed by atoms with Crippen LogP contribution in [0.4, 0.5) is 0 Å². The number of aromatic hydroxyl groups is 2. The van der Waals surface area contributed by atoms with E-state index in [2.05, 4.69) is 4.98 Å². The zero-order valence-corrected chi connectivity index (χ0v) is 6.07. The highest BCUT2D eigenvalue weighted by Gasteiger charge is 2.08. The Balaban J connectivity index is 3.29. The van der Waals surface area contributed by atoms with Crippen molar-refractivity contribution < 1.29 is 15.3 Å². The zero-order chi connectivity index (χ0) is 8.43. The second kappa shape index (κ2) is 2.75. The molecule has 0 amide bonds. The fourth-order valence-corrected chi connectivity index (χ4v) is 0.793. The molecule has 0 aromatic carbocycles. The summed E-state index contributed by atoms with van der Waals surface area (Å²) in [6, 6.07) is 0. The highest BCUT2D eigenvalue weighted by atomic mass is 16.3. The van der Waals surface area contributed by atoms with Crippen molar-refractivity contribution >= 4 is 0 Å². The van der Waals surface area contributed by atoms with E-state index in [1.807, 2.05) is 0 Å². The second-order valence-corrected chi connectivity index (χ2v) is 2.21. The van der Waals surface area contributed by atoms with Crippen LogP contribution in [-0.2, 0) is 6.61 Å². The normalized spacial score (nSPS) is 10.0. The van der Waals surface area contributed by atoms with Gasteiger partial charge in [0.15, 0.2) is 0 Å². The summed E-state index contributed by atoms with van der Waals surface area (Å²) in [5.41, 5.74) is 0.518. The van der Waals surface area contributed by atoms with Crippen LogP contribution >= 0.6 is 0 Å². The predicted octanol–water partition coefficient (Wildman–Crippen LogP) is 0.294. The number of rotatable bonds is 1. The van der Waals surface area contributed by atoms with E-state index in [-0.39, 0.29) is 23.7 Å². The van der Waals surface area contributed by atoms with Gasteiger partial charge in [0.05, 0.1) is 24.1 Å². The van der Waals surface area contributed by atoms with Crippen LogP contribution in [0, 0.1) is 6.92 Å². The third-order valence-corrected chi connectivity index (χ3v) is 1.48. The maximum atomic E-state index is 9.20. The van der Waals surface area contributed by atoms with Crippen LogP contribution in [0.2, 0.25) is 0 Å². The number of aromatic nitrogens is 1. The van der Waals surface area contributed by atoms with E-state index in [0.717, 1.165) is 0 Å². The molecule has 0 spiro atoms. The van der Waals surface area contributed by atoms with Crippen LogP contribution in [-0.4, -0.2) is 20.3 Å². The largest absolute Gasteiger partial charge is 0.506 e. The van der Waals surface area contributed by atoms with E-state index in [1.165, 1.54) is 6.20 Å². The van der Waals surface area contributed by atoms with E-state index < -0.39 is 0 Å². The summed E-state index contributed by atoms with van der Waals surface area (Å²) in [5, 5.41) is 26.9. The maximum Gasteiger partial charge on any atom is 0.146 e. The summed E-state index contributed by atoms with van der Waals surface area (Å²) in [5.74, 6) is -0.330. The van der Waals surface area contributed by atoms with Crippen molar-refractivity contribution in [2.75, 3.05) is 0 Å². The second-order valence-electron chi connectivity index (χ2n) is 2.21. The summed E-state index contributed by atoms with van der Waals surface area (Å²) >= 11 is 0. The Morgan fingerprint density at radius 3 is 2.55 bits per heavy atom. The van der Waals surface area contributed by atoms with Crippen LogP contribution in [0.1, 0.15) is 11.3 Å². The number of pyridine rings is 1.